The van der Waals surface area contributed by atoms with E-state index in [1.807, 2.05) is 32.0 Å². The van der Waals surface area contributed by atoms with E-state index in [0.717, 1.165) is 0 Å². The first-order valence-corrected chi connectivity index (χ1v) is 11.8. The summed E-state index contributed by atoms with van der Waals surface area (Å²) in [5.74, 6) is -0.295. The Morgan fingerprint density at radius 3 is 2.16 bits per heavy atom. The van der Waals surface area contributed by atoms with E-state index in [1.54, 1.807) is 24.3 Å². The van der Waals surface area contributed by atoms with Gasteiger partial charge >= 0.3 is 6.03 Å². The fourth-order valence-corrected chi connectivity index (χ4v) is 4.99. The van der Waals surface area contributed by atoms with Crippen LogP contribution in [0.15, 0.2) is 59.5 Å². The number of urea groups is 1. The summed E-state index contributed by atoms with van der Waals surface area (Å²) in [7, 11) is -3.64. The van der Waals surface area contributed by atoms with Gasteiger partial charge in [-0.2, -0.15) is 4.31 Å². The van der Waals surface area contributed by atoms with Crippen LogP contribution in [0.2, 0.25) is 0 Å². The molecular weight excluding hydrogens is 432 g/mol. The molecule has 2 unspecified atom stereocenters. The second kappa shape index (κ2) is 10.6. The number of carbonyl (C=O) groups is 2. The van der Waals surface area contributed by atoms with E-state index >= 15 is 0 Å². The van der Waals surface area contributed by atoms with Gasteiger partial charge in [0.15, 0.2) is 0 Å². The molecule has 3 rings (SSSR count). The number of morpholine rings is 1. The quantitative estimate of drug-likeness (QED) is 0.587. The Morgan fingerprint density at radius 1 is 0.938 bits per heavy atom. The van der Waals surface area contributed by atoms with E-state index in [1.165, 1.54) is 16.4 Å². The molecule has 0 radical (unpaired) electrons. The first-order chi connectivity index (χ1) is 15.2. The van der Waals surface area contributed by atoms with Gasteiger partial charge in [-0.05, 0) is 50.2 Å². The topological polar surface area (TPSA) is 117 Å². The predicted octanol–water partition coefficient (Wildman–Crippen LogP) is 2.63. The zero-order chi connectivity index (χ0) is 23.1. The molecule has 32 heavy (non-hydrogen) atoms. The third-order valence-electron chi connectivity index (χ3n) is 4.83. The Labute approximate surface area is 188 Å². The van der Waals surface area contributed by atoms with Crippen LogP contribution in [0.3, 0.4) is 0 Å². The first kappa shape index (κ1) is 23.7. The molecule has 0 spiro atoms. The average Bonchev–Trinajstić information content (AvgIpc) is 2.74. The van der Waals surface area contributed by atoms with Crippen molar-refractivity contribution in [1.29, 1.82) is 0 Å². The van der Waals surface area contributed by atoms with Crippen molar-refractivity contribution in [2.24, 2.45) is 0 Å². The third-order valence-corrected chi connectivity index (χ3v) is 6.68. The molecule has 0 bridgehead atoms. The van der Waals surface area contributed by atoms with Crippen LogP contribution in [0.5, 0.6) is 0 Å². The summed E-state index contributed by atoms with van der Waals surface area (Å²) in [6.07, 6.45) is -0.267. The van der Waals surface area contributed by atoms with Crippen molar-refractivity contribution in [2.45, 2.75) is 37.4 Å². The van der Waals surface area contributed by atoms with E-state index in [-0.39, 0.29) is 36.0 Å². The Bertz CT molecular complexity index is 1020. The van der Waals surface area contributed by atoms with Crippen LogP contribution < -0.4 is 16.0 Å². The Hall–Kier alpha value is -2.95. The van der Waals surface area contributed by atoms with E-state index in [0.29, 0.717) is 24.5 Å². The molecule has 172 valence electrons. The lowest BCUT2D eigenvalue weighted by Crippen LogP contribution is -2.48. The van der Waals surface area contributed by atoms with Gasteiger partial charge in [0.05, 0.1) is 17.1 Å². The van der Waals surface area contributed by atoms with Gasteiger partial charge in [0.1, 0.15) is 0 Å². The highest BCUT2D eigenvalue weighted by Gasteiger charge is 2.32. The van der Waals surface area contributed by atoms with E-state index in [4.69, 9.17) is 4.74 Å². The molecule has 0 aliphatic carbocycles. The van der Waals surface area contributed by atoms with Crippen molar-refractivity contribution in [3.05, 3.63) is 54.6 Å². The fourth-order valence-electron chi connectivity index (χ4n) is 3.40. The molecule has 1 aliphatic rings. The molecule has 0 saturated carbocycles. The molecule has 2 aromatic carbocycles. The minimum atomic E-state index is -3.64. The van der Waals surface area contributed by atoms with E-state index < -0.39 is 16.1 Å². The lowest BCUT2D eigenvalue weighted by atomic mass is 10.3. The maximum Gasteiger partial charge on any atom is 0.319 e. The van der Waals surface area contributed by atoms with Crippen LogP contribution in [0, 0.1) is 0 Å². The second-order valence-electron chi connectivity index (χ2n) is 7.65. The Morgan fingerprint density at radius 2 is 1.53 bits per heavy atom. The number of rotatable bonds is 7. The number of nitrogens with one attached hydrogen (secondary N) is 3. The molecule has 3 N–H and O–H groups in total. The third kappa shape index (κ3) is 6.52. The zero-order valence-electron chi connectivity index (χ0n) is 18.1. The number of hydrogen-bond acceptors (Lipinski definition) is 5. The lowest BCUT2D eigenvalue weighted by molar-refractivity contribution is -0.116. The lowest BCUT2D eigenvalue weighted by Gasteiger charge is -2.34. The van der Waals surface area contributed by atoms with Crippen LogP contribution in [0.25, 0.3) is 0 Å². The van der Waals surface area contributed by atoms with Gasteiger partial charge in [-0.3, -0.25) is 4.79 Å². The summed E-state index contributed by atoms with van der Waals surface area (Å²) < 4.78 is 32.8. The number of benzene rings is 2. The second-order valence-corrected chi connectivity index (χ2v) is 9.59. The summed E-state index contributed by atoms with van der Waals surface area (Å²) in [5, 5.41) is 7.98. The van der Waals surface area contributed by atoms with Crippen molar-refractivity contribution < 1.29 is 22.7 Å². The molecule has 2 aromatic rings. The van der Waals surface area contributed by atoms with E-state index in [2.05, 4.69) is 16.0 Å². The summed E-state index contributed by atoms with van der Waals surface area (Å²) >= 11 is 0. The maximum absolute atomic E-state index is 12.9. The molecule has 9 nitrogen and oxygen atoms in total. The van der Waals surface area contributed by atoms with Gasteiger partial charge in [0.25, 0.3) is 0 Å². The Balaban J connectivity index is 1.47. The summed E-state index contributed by atoms with van der Waals surface area (Å²) in [4.78, 5) is 24.1. The number of amides is 3. The largest absolute Gasteiger partial charge is 0.373 e. The Kier molecular flexibility index (Phi) is 7.84. The highest BCUT2D eigenvalue weighted by Crippen LogP contribution is 2.22. The van der Waals surface area contributed by atoms with Crippen LogP contribution in [0.1, 0.15) is 20.3 Å². The van der Waals surface area contributed by atoms with Crippen molar-refractivity contribution in [3.8, 4) is 0 Å². The van der Waals surface area contributed by atoms with Gasteiger partial charge in [0.2, 0.25) is 15.9 Å². The molecular formula is C22H28N4O5S. The highest BCUT2D eigenvalue weighted by atomic mass is 32.2. The summed E-state index contributed by atoms with van der Waals surface area (Å²) in [6.45, 7) is 4.45. The van der Waals surface area contributed by atoms with Crippen molar-refractivity contribution in [1.82, 2.24) is 9.62 Å². The number of anilines is 2. The molecule has 1 heterocycles. The van der Waals surface area contributed by atoms with Gasteiger partial charge in [-0.25, -0.2) is 13.2 Å². The van der Waals surface area contributed by atoms with Crippen molar-refractivity contribution in [3.63, 3.8) is 0 Å². The molecule has 1 fully saturated rings. The zero-order valence-corrected chi connectivity index (χ0v) is 18.9. The van der Waals surface area contributed by atoms with Crippen molar-refractivity contribution in [2.75, 3.05) is 30.3 Å². The number of hydrogen-bond donors (Lipinski definition) is 3. The van der Waals surface area contributed by atoms with Crippen LogP contribution in [0.4, 0.5) is 16.2 Å². The molecule has 2 atom stereocenters. The number of carbonyl (C=O) groups excluding carboxylic acids is 2. The monoisotopic (exact) mass is 460 g/mol. The van der Waals surface area contributed by atoms with Gasteiger partial charge in [-0.15, -0.1) is 0 Å². The van der Waals surface area contributed by atoms with Gasteiger partial charge in [0, 0.05) is 37.4 Å². The van der Waals surface area contributed by atoms with E-state index in [9.17, 15) is 18.0 Å². The van der Waals surface area contributed by atoms with Gasteiger partial charge < -0.3 is 20.7 Å². The summed E-state index contributed by atoms with van der Waals surface area (Å²) in [6, 6.07) is 14.6. The molecule has 0 aromatic heterocycles. The van der Waals surface area contributed by atoms with Gasteiger partial charge in [-0.1, -0.05) is 18.2 Å². The SMILES string of the molecule is CC1CN(S(=O)(=O)c2ccc(NC(=O)CCNC(=O)Nc3ccccc3)cc2)CC(C)O1. The molecule has 1 aliphatic heterocycles. The number of ether oxygens (including phenoxy) is 1. The smallest absolute Gasteiger partial charge is 0.319 e. The predicted molar refractivity (Wildman–Crippen MR) is 122 cm³/mol. The average molecular weight is 461 g/mol. The molecule has 1 saturated heterocycles. The summed E-state index contributed by atoms with van der Waals surface area (Å²) in [5.41, 5.74) is 1.14. The minimum Gasteiger partial charge on any atom is -0.373 e. The van der Waals surface area contributed by atoms with Crippen LogP contribution in [-0.4, -0.2) is 56.5 Å². The van der Waals surface area contributed by atoms with Crippen molar-refractivity contribution >= 4 is 33.3 Å². The van der Waals surface area contributed by atoms with Crippen LogP contribution in [-0.2, 0) is 19.6 Å². The molecule has 3 amide bonds. The first-order valence-electron chi connectivity index (χ1n) is 10.4. The normalized spacial score (nSPS) is 19.2. The number of sulfonamides is 1. The molecule has 10 heteroatoms. The number of para-hydroxylation sites is 1. The highest BCUT2D eigenvalue weighted by molar-refractivity contribution is 7.89. The maximum atomic E-state index is 12.9. The number of nitrogens with zero attached hydrogens (tertiary/aromatic N) is 1. The minimum absolute atomic E-state index is 0.0752. The standard InChI is InChI=1S/C22H28N4O5S/c1-16-14-26(15-17(2)31-16)32(29,30)20-10-8-19(9-11-20)24-21(27)12-13-23-22(28)25-18-6-4-3-5-7-18/h3-11,16-17H,12-15H2,1-2H3,(H,24,27)(H2,23,25,28). The van der Waals surface area contributed by atoms with Crippen LogP contribution >= 0.6 is 0 Å². The fraction of sp³-hybridized carbons (Fsp3) is 0.364.